The van der Waals surface area contributed by atoms with Gasteiger partial charge in [-0.2, -0.15) is 0 Å². The monoisotopic (exact) mass is 425 g/mol. The fourth-order valence-electron chi connectivity index (χ4n) is 2.89. The first kappa shape index (κ1) is 19.7. The zero-order valence-electron chi connectivity index (χ0n) is 16.4. The molecule has 2 amide bonds. The molecule has 4 rings (SSSR count). The summed E-state index contributed by atoms with van der Waals surface area (Å²) in [6.45, 7) is -0.112. The number of amides is 2. The second-order valence-electron chi connectivity index (χ2n) is 6.48. The van der Waals surface area contributed by atoms with Gasteiger partial charge in [-0.1, -0.05) is 6.07 Å². The smallest absolute Gasteiger partial charge is 0.264 e. The van der Waals surface area contributed by atoms with Crippen LogP contribution in [0.5, 0.6) is 17.2 Å². The Morgan fingerprint density at radius 1 is 1.27 bits per heavy atom. The number of fused-ring (bicyclic) bond motifs is 1. The Kier molecular flexibility index (Phi) is 5.53. The van der Waals surface area contributed by atoms with Crippen molar-refractivity contribution in [3.63, 3.8) is 0 Å². The van der Waals surface area contributed by atoms with Crippen LogP contribution in [-0.4, -0.2) is 44.2 Å². The van der Waals surface area contributed by atoms with E-state index in [2.05, 4.69) is 10.3 Å². The number of methoxy groups -OCH3 is 1. The normalized spacial score (nSPS) is 12.7. The molecular formula is C21H19N3O5S. The zero-order chi connectivity index (χ0) is 21.1. The number of benzene rings is 2. The van der Waals surface area contributed by atoms with Crippen LogP contribution in [0.25, 0.3) is 11.3 Å². The summed E-state index contributed by atoms with van der Waals surface area (Å²) in [5.41, 5.74) is 2.20. The number of anilines is 2. The molecule has 0 aliphatic carbocycles. The number of nitrogens with zero attached hydrogens (tertiary/aromatic N) is 2. The van der Waals surface area contributed by atoms with Crippen molar-refractivity contribution >= 4 is 34.0 Å². The summed E-state index contributed by atoms with van der Waals surface area (Å²) >= 11 is 1.31. The summed E-state index contributed by atoms with van der Waals surface area (Å²) in [5, 5.41) is 5.03. The molecule has 1 aliphatic rings. The van der Waals surface area contributed by atoms with Gasteiger partial charge in [-0.15, -0.1) is 11.3 Å². The van der Waals surface area contributed by atoms with E-state index in [0.29, 0.717) is 33.8 Å². The summed E-state index contributed by atoms with van der Waals surface area (Å²) in [4.78, 5) is 30.1. The van der Waals surface area contributed by atoms with Gasteiger partial charge in [-0.05, 0) is 30.3 Å². The second kappa shape index (κ2) is 8.42. The maximum atomic E-state index is 12.2. The Bertz CT molecular complexity index is 1100. The lowest BCUT2D eigenvalue weighted by molar-refractivity contribution is -0.121. The van der Waals surface area contributed by atoms with Crippen LogP contribution in [0.15, 0.2) is 47.8 Å². The first-order valence-electron chi connectivity index (χ1n) is 9.09. The molecular weight excluding hydrogens is 406 g/mol. The Morgan fingerprint density at radius 3 is 2.93 bits per heavy atom. The van der Waals surface area contributed by atoms with Gasteiger partial charge < -0.3 is 19.1 Å². The van der Waals surface area contributed by atoms with E-state index in [9.17, 15) is 9.59 Å². The van der Waals surface area contributed by atoms with E-state index in [1.165, 1.54) is 11.3 Å². The van der Waals surface area contributed by atoms with Crippen LogP contribution in [0, 0.1) is 0 Å². The number of likely N-dealkylation sites (N-methyl/N-ethyl adjacent to an activating group) is 1. The Labute approximate surface area is 177 Å². The third-order valence-electron chi connectivity index (χ3n) is 4.50. The molecule has 0 atom stereocenters. The zero-order valence-corrected chi connectivity index (χ0v) is 17.2. The number of carbonyl (C=O) groups is 2. The Hall–Kier alpha value is -3.59. The number of thiazole rings is 1. The highest BCUT2D eigenvalue weighted by Crippen LogP contribution is 2.36. The van der Waals surface area contributed by atoms with Crippen LogP contribution >= 0.6 is 11.3 Å². The van der Waals surface area contributed by atoms with Crippen LogP contribution in [0.4, 0.5) is 10.8 Å². The van der Waals surface area contributed by atoms with Crippen molar-refractivity contribution in [3.8, 4) is 28.5 Å². The molecule has 1 aliphatic heterocycles. The molecule has 1 N–H and O–H groups in total. The van der Waals surface area contributed by atoms with Gasteiger partial charge in [-0.3, -0.25) is 14.9 Å². The van der Waals surface area contributed by atoms with Crippen LogP contribution in [0.1, 0.15) is 0 Å². The second-order valence-corrected chi connectivity index (χ2v) is 7.34. The average molecular weight is 425 g/mol. The van der Waals surface area contributed by atoms with E-state index in [4.69, 9.17) is 14.2 Å². The predicted octanol–water partition coefficient (Wildman–Crippen LogP) is 3.19. The number of hydrogen-bond donors (Lipinski definition) is 1. The van der Waals surface area contributed by atoms with Gasteiger partial charge in [0.2, 0.25) is 0 Å². The van der Waals surface area contributed by atoms with Gasteiger partial charge in [0.25, 0.3) is 11.8 Å². The summed E-state index contributed by atoms with van der Waals surface area (Å²) in [6, 6.07) is 12.6. The van der Waals surface area contributed by atoms with Crippen LogP contribution in [0.2, 0.25) is 0 Å². The van der Waals surface area contributed by atoms with Crippen molar-refractivity contribution in [3.05, 3.63) is 47.8 Å². The molecule has 2 aromatic carbocycles. The van der Waals surface area contributed by atoms with Gasteiger partial charge in [0.15, 0.2) is 18.3 Å². The summed E-state index contributed by atoms with van der Waals surface area (Å²) < 4.78 is 16.1. The molecule has 30 heavy (non-hydrogen) atoms. The summed E-state index contributed by atoms with van der Waals surface area (Å²) in [5.74, 6) is 1.42. The molecule has 3 aromatic rings. The predicted molar refractivity (Wildman–Crippen MR) is 114 cm³/mol. The standard InChI is InChI=1S/C21H19N3O5S/c1-24-17-8-13(6-7-18(17)29-11-20(24)26)16-12-30-21(22-16)23-19(25)10-28-15-5-3-4-14(9-15)27-2/h3-9,12H,10-11H2,1-2H3,(H,22,23,25). The summed E-state index contributed by atoms with van der Waals surface area (Å²) in [7, 11) is 3.28. The number of ether oxygens (including phenoxy) is 3. The third kappa shape index (κ3) is 4.20. The molecule has 2 heterocycles. The fraction of sp³-hybridized carbons (Fsp3) is 0.190. The van der Waals surface area contributed by atoms with E-state index < -0.39 is 0 Å². The minimum Gasteiger partial charge on any atom is -0.497 e. The quantitative estimate of drug-likeness (QED) is 0.652. The number of hydrogen-bond acceptors (Lipinski definition) is 7. The molecule has 0 spiro atoms. The largest absolute Gasteiger partial charge is 0.497 e. The minimum absolute atomic E-state index is 0.0353. The van der Waals surface area contributed by atoms with Crippen LogP contribution in [-0.2, 0) is 9.59 Å². The number of carbonyl (C=O) groups excluding carboxylic acids is 2. The van der Waals surface area contributed by atoms with Crippen molar-refractivity contribution in [2.45, 2.75) is 0 Å². The first-order valence-corrected chi connectivity index (χ1v) is 9.97. The molecule has 8 nitrogen and oxygen atoms in total. The van der Waals surface area contributed by atoms with E-state index >= 15 is 0 Å². The molecule has 0 saturated heterocycles. The SMILES string of the molecule is COc1cccc(OCC(=O)Nc2nc(-c3ccc4c(c3)N(C)C(=O)CO4)cs2)c1. The van der Waals surface area contributed by atoms with Gasteiger partial charge in [0.1, 0.15) is 17.2 Å². The lowest BCUT2D eigenvalue weighted by Gasteiger charge is -2.26. The fourth-order valence-corrected chi connectivity index (χ4v) is 3.63. The maximum Gasteiger partial charge on any atom is 0.264 e. The molecule has 0 radical (unpaired) electrons. The van der Waals surface area contributed by atoms with E-state index in [-0.39, 0.29) is 25.0 Å². The lowest BCUT2D eigenvalue weighted by atomic mass is 10.1. The van der Waals surface area contributed by atoms with Crippen molar-refractivity contribution in [2.75, 3.05) is 37.6 Å². The molecule has 1 aromatic heterocycles. The molecule has 0 fully saturated rings. The Balaban J connectivity index is 1.40. The molecule has 0 unspecified atom stereocenters. The highest BCUT2D eigenvalue weighted by molar-refractivity contribution is 7.14. The minimum atomic E-state index is -0.317. The van der Waals surface area contributed by atoms with Crippen LogP contribution in [0.3, 0.4) is 0 Å². The molecule has 9 heteroatoms. The Morgan fingerprint density at radius 2 is 2.10 bits per heavy atom. The van der Waals surface area contributed by atoms with Crippen molar-refractivity contribution in [1.82, 2.24) is 4.98 Å². The average Bonchev–Trinajstić information content (AvgIpc) is 3.23. The number of nitrogens with one attached hydrogen (secondary N) is 1. The maximum absolute atomic E-state index is 12.2. The van der Waals surface area contributed by atoms with E-state index in [1.807, 2.05) is 23.6 Å². The molecule has 154 valence electrons. The van der Waals surface area contributed by atoms with Crippen LogP contribution < -0.4 is 24.4 Å². The number of aromatic nitrogens is 1. The number of rotatable bonds is 6. The molecule has 0 saturated carbocycles. The lowest BCUT2D eigenvalue weighted by Crippen LogP contribution is -2.35. The topological polar surface area (TPSA) is 90.0 Å². The van der Waals surface area contributed by atoms with E-state index in [1.54, 1.807) is 43.3 Å². The highest BCUT2D eigenvalue weighted by Gasteiger charge is 2.23. The first-order chi connectivity index (χ1) is 14.5. The van der Waals surface area contributed by atoms with E-state index in [0.717, 1.165) is 5.56 Å². The van der Waals surface area contributed by atoms with Crippen molar-refractivity contribution in [1.29, 1.82) is 0 Å². The van der Waals surface area contributed by atoms with Crippen molar-refractivity contribution < 1.29 is 23.8 Å². The van der Waals surface area contributed by atoms with Gasteiger partial charge >= 0.3 is 0 Å². The molecule has 0 bridgehead atoms. The van der Waals surface area contributed by atoms with Crippen molar-refractivity contribution in [2.24, 2.45) is 0 Å². The van der Waals surface area contributed by atoms with Gasteiger partial charge in [0, 0.05) is 24.1 Å². The van der Waals surface area contributed by atoms with Gasteiger partial charge in [0.05, 0.1) is 18.5 Å². The third-order valence-corrected chi connectivity index (χ3v) is 5.26. The van der Waals surface area contributed by atoms with Gasteiger partial charge in [-0.25, -0.2) is 4.98 Å². The summed E-state index contributed by atoms with van der Waals surface area (Å²) in [6.07, 6.45) is 0. The highest BCUT2D eigenvalue weighted by atomic mass is 32.1.